The largest absolute Gasteiger partial charge is 0.495 e. The van der Waals surface area contributed by atoms with Crippen LogP contribution in [0.25, 0.3) is 0 Å². The van der Waals surface area contributed by atoms with E-state index in [4.69, 9.17) is 9.47 Å². The van der Waals surface area contributed by atoms with E-state index in [1.165, 1.54) is 37.9 Å². The molecule has 0 radical (unpaired) electrons. The standard InChI is InChI=1S/C18H21N3O7S/c1-10(16(23)19-12-8-11(21(25)26)4-5-14(12)27-3)28-17(24)13-9-29-18(2)7-6-15(22)20(13)18/h4-5,8,10,13H,6-7,9H2,1-3H3,(H,19,23)/t10-,13+,18-/m0/s1. The Bertz CT molecular complexity index is 877. The third-order valence-electron chi connectivity index (χ3n) is 5.03. The van der Waals surface area contributed by atoms with Gasteiger partial charge in [0, 0.05) is 24.3 Å². The molecule has 10 nitrogen and oxygen atoms in total. The minimum absolute atomic E-state index is 0.0910. The fourth-order valence-electron chi connectivity index (χ4n) is 3.44. The summed E-state index contributed by atoms with van der Waals surface area (Å²) in [6.45, 7) is 3.31. The topological polar surface area (TPSA) is 128 Å². The average Bonchev–Trinajstić information content (AvgIpc) is 3.17. The van der Waals surface area contributed by atoms with E-state index in [1.54, 1.807) is 4.90 Å². The minimum atomic E-state index is -1.17. The summed E-state index contributed by atoms with van der Waals surface area (Å²) in [5.74, 6) is -0.775. The van der Waals surface area contributed by atoms with Crippen LogP contribution in [0.1, 0.15) is 26.7 Å². The van der Waals surface area contributed by atoms with Crippen molar-refractivity contribution >= 4 is 40.9 Å². The number of nitro benzene ring substituents is 1. The number of carbonyl (C=O) groups excluding carboxylic acids is 3. The zero-order valence-corrected chi connectivity index (χ0v) is 17.0. The van der Waals surface area contributed by atoms with Gasteiger partial charge in [0.05, 0.1) is 22.6 Å². The number of esters is 1. The van der Waals surface area contributed by atoms with E-state index in [1.807, 2.05) is 6.92 Å². The Balaban J connectivity index is 1.67. The van der Waals surface area contributed by atoms with Crippen LogP contribution in [0.3, 0.4) is 0 Å². The predicted molar refractivity (Wildman–Crippen MR) is 105 cm³/mol. The molecule has 29 heavy (non-hydrogen) atoms. The first-order valence-electron chi connectivity index (χ1n) is 8.96. The van der Waals surface area contributed by atoms with Crippen molar-refractivity contribution in [3.8, 4) is 5.75 Å². The number of fused-ring (bicyclic) bond motifs is 1. The number of ether oxygens (including phenoxy) is 2. The van der Waals surface area contributed by atoms with Gasteiger partial charge in [0.2, 0.25) is 5.91 Å². The van der Waals surface area contributed by atoms with Crippen LogP contribution in [-0.2, 0) is 19.1 Å². The normalized spacial score (nSPS) is 24.0. The number of thioether (sulfide) groups is 1. The van der Waals surface area contributed by atoms with Crippen LogP contribution >= 0.6 is 11.8 Å². The van der Waals surface area contributed by atoms with Gasteiger partial charge >= 0.3 is 5.97 Å². The van der Waals surface area contributed by atoms with E-state index in [-0.39, 0.29) is 23.0 Å². The van der Waals surface area contributed by atoms with E-state index in [0.717, 1.165) is 6.07 Å². The molecule has 0 saturated carbocycles. The summed E-state index contributed by atoms with van der Waals surface area (Å²) < 4.78 is 10.4. The first-order chi connectivity index (χ1) is 13.7. The maximum absolute atomic E-state index is 12.6. The zero-order chi connectivity index (χ0) is 21.3. The Kier molecular flexibility index (Phi) is 5.69. The number of nitro groups is 1. The second-order valence-electron chi connectivity index (χ2n) is 6.98. The molecule has 3 atom stereocenters. The summed E-state index contributed by atoms with van der Waals surface area (Å²) >= 11 is 1.53. The molecule has 1 aromatic rings. The van der Waals surface area contributed by atoms with Gasteiger partial charge in [0.1, 0.15) is 11.8 Å². The van der Waals surface area contributed by atoms with Crippen molar-refractivity contribution in [3.63, 3.8) is 0 Å². The number of nitrogens with one attached hydrogen (secondary N) is 1. The molecule has 2 aliphatic rings. The number of rotatable bonds is 6. The SMILES string of the molecule is COc1ccc([N+](=O)[O-])cc1NC(=O)[C@H](C)OC(=O)[C@H]1CS[C@@]2(C)CCC(=O)N12. The lowest BCUT2D eigenvalue weighted by Crippen LogP contribution is -2.48. The molecule has 2 saturated heterocycles. The first-order valence-corrected chi connectivity index (χ1v) is 9.95. The summed E-state index contributed by atoms with van der Waals surface area (Å²) in [4.78, 5) is 48.7. The number of nitrogens with zero attached hydrogens (tertiary/aromatic N) is 2. The third kappa shape index (κ3) is 4.00. The number of benzene rings is 1. The Morgan fingerprint density at radius 2 is 2.17 bits per heavy atom. The summed E-state index contributed by atoms with van der Waals surface area (Å²) in [6, 6.07) is 3.04. The maximum atomic E-state index is 12.6. The van der Waals surface area contributed by atoms with E-state index in [9.17, 15) is 24.5 Å². The Labute approximate surface area is 171 Å². The van der Waals surface area contributed by atoms with Gasteiger partial charge in [-0.3, -0.25) is 19.7 Å². The highest BCUT2D eigenvalue weighted by molar-refractivity contribution is 8.01. The molecule has 1 N–H and O–H groups in total. The zero-order valence-electron chi connectivity index (χ0n) is 16.2. The molecule has 2 fully saturated rings. The van der Waals surface area contributed by atoms with E-state index in [0.29, 0.717) is 18.6 Å². The smallest absolute Gasteiger partial charge is 0.330 e. The van der Waals surface area contributed by atoms with Crippen molar-refractivity contribution in [3.05, 3.63) is 28.3 Å². The highest BCUT2D eigenvalue weighted by Crippen LogP contribution is 2.47. The first kappa shape index (κ1) is 20.9. The summed E-state index contributed by atoms with van der Waals surface area (Å²) in [5.41, 5.74) is -0.131. The van der Waals surface area contributed by atoms with Crippen LogP contribution in [0.2, 0.25) is 0 Å². The number of non-ortho nitro benzene ring substituents is 1. The molecule has 0 bridgehead atoms. The van der Waals surface area contributed by atoms with Gasteiger partial charge in [0.25, 0.3) is 11.6 Å². The number of anilines is 1. The molecule has 0 aromatic heterocycles. The average molecular weight is 423 g/mol. The second kappa shape index (κ2) is 7.90. The Hall–Kier alpha value is -2.82. The summed E-state index contributed by atoms with van der Waals surface area (Å²) in [5, 5.41) is 13.4. The van der Waals surface area contributed by atoms with Crippen LogP contribution in [0.5, 0.6) is 5.75 Å². The van der Waals surface area contributed by atoms with Crippen molar-refractivity contribution < 1.29 is 28.8 Å². The molecule has 2 aliphatic heterocycles. The monoisotopic (exact) mass is 423 g/mol. The molecule has 11 heteroatoms. The maximum Gasteiger partial charge on any atom is 0.330 e. The fraction of sp³-hybridized carbons (Fsp3) is 0.500. The predicted octanol–water partition coefficient (Wildman–Crippen LogP) is 1.93. The molecule has 0 aliphatic carbocycles. The lowest BCUT2D eigenvalue weighted by Gasteiger charge is -2.29. The second-order valence-corrected chi connectivity index (χ2v) is 8.48. The van der Waals surface area contributed by atoms with Crippen LogP contribution in [0.4, 0.5) is 11.4 Å². The third-order valence-corrected chi connectivity index (χ3v) is 6.54. The van der Waals surface area contributed by atoms with Gasteiger partial charge in [-0.1, -0.05) is 0 Å². The molecule has 3 rings (SSSR count). The number of carbonyl (C=O) groups is 3. The van der Waals surface area contributed by atoms with Crippen LogP contribution in [-0.4, -0.2) is 57.5 Å². The van der Waals surface area contributed by atoms with E-state index < -0.39 is 33.8 Å². The summed E-state index contributed by atoms with van der Waals surface area (Å²) in [7, 11) is 1.36. The quantitative estimate of drug-likeness (QED) is 0.418. The van der Waals surface area contributed by atoms with Gasteiger partial charge in [-0.2, -0.15) is 0 Å². The number of methoxy groups -OCH3 is 1. The van der Waals surface area contributed by atoms with E-state index in [2.05, 4.69) is 5.32 Å². The molecule has 1 aromatic carbocycles. The summed E-state index contributed by atoms with van der Waals surface area (Å²) in [6.07, 6.45) is -0.111. The number of amides is 2. The Morgan fingerprint density at radius 1 is 1.45 bits per heavy atom. The molecule has 2 heterocycles. The van der Waals surface area contributed by atoms with Gasteiger partial charge < -0.3 is 19.7 Å². The highest BCUT2D eigenvalue weighted by Gasteiger charge is 2.53. The minimum Gasteiger partial charge on any atom is -0.495 e. The van der Waals surface area contributed by atoms with Gasteiger partial charge in [-0.15, -0.1) is 11.8 Å². The van der Waals surface area contributed by atoms with E-state index >= 15 is 0 Å². The van der Waals surface area contributed by atoms with Crippen molar-refractivity contribution in [1.82, 2.24) is 4.90 Å². The van der Waals surface area contributed by atoms with Crippen LogP contribution in [0.15, 0.2) is 18.2 Å². The van der Waals surface area contributed by atoms with Crippen molar-refractivity contribution in [2.75, 3.05) is 18.2 Å². The van der Waals surface area contributed by atoms with Crippen molar-refractivity contribution in [2.45, 2.75) is 43.7 Å². The molecular formula is C18H21N3O7S. The van der Waals surface area contributed by atoms with Crippen LogP contribution < -0.4 is 10.1 Å². The van der Waals surface area contributed by atoms with Gasteiger partial charge in [0.15, 0.2) is 6.10 Å². The number of hydrogen-bond acceptors (Lipinski definition) is 8. The molecule has 0 unspecified atom stereocenters. The van der Waals surface area contributed by atoms with Crippen LogP contribution in [0, 0.1) is 10.1 Å². The highest BCUT2D eigenvalue weighted by atomic mass is 32.2. The van der Waals surface area contributed by atoms with Crippen molar-refractivity contribution in [2.24, 2.45) is 0 Å². The number of hydrogen-bond donors (Lipinski definition) is 1. The van der Waals surface area contributed by atoms with Gasteiger partial charge in [-0.25, -0.2) is 4.79 Å². The fourth-order valence-corrected chi connectivity index (χ4v) is 4.86. The molecule has 156 valence electrons. The Morgan fingerprint density at radius 3 is 2.83 bits per heavy atom. The van der Waals surface area contributed by atoms with Gasteiger partial charge in [-0.05, 0) is 26.3 Å². The lowest BCUT2D eigenvalue weighted by atomic mass is 10.2. The molecule has 2 amide bonds. The van der Waals surface area contributed by atoms with Crippen molar-refractivity contribution in [1.29, 1.82) is 0 Å². The molecule has 0 spiro atoms. The lowest BCUT2D eigenvalue weighted by molar-refractivity contribution is -0.384. The molecular weight excluding hydrogens is 402 g/mol.